The molecule has 0 spiro atoms. The third-order valence-corrected chi connectivity index (χ3v) is 7.50. The van der Waals surface area contributed by atoms with Gasteiger partial charge in [-0.15, -0.1) is 0 Å². The summed E-state index contributed by atoms with van der Waals surface area (Å²) in [5.74, 6) is 0.853. The molecule has 9 nitrogen and oxygen atoms in total. The van der Waals surface area contributed by atoms with E-state index in [0.29, 0.717) is 54.2 Å². The number of urea groups is 1. The number of piperidine rings is 2. The molecule has 0 atom stereocenters. The van der Waals surface area contributed by atoms with Gasteiger partial charge < -0.3 is 35.2 Å². The maximum absolute atomic E-state index is 12.8. The van der Waals surface area contributed by atoms with Gasteiger partial charge in [0.15, 0.2) is 0 Å². The van der Waals surface area contributed by atoms with Crippen LogP contribution in [0.2, 0.25) is 5.02 Å². The van der Waals surface area contributed by atoms with Gasteiger partial charge in [0.1, 0.15) is 5.75 Å². The molecule has 0 radical (unpaired) electrons. The number of likely N-dealkylation sites (tertiary alicyclic amines) is 2. The highest BCUT2D eigenvalue weighted by Gasteiger charge is 2.29. The Morgan fingerprint density at radius 3 is 2.35 bits per heavy atom. The topological polar surface area (TPSA) is 100 Å². The summed E-state index contributed by atoms with van der Waals surface area (Å²) >= 11 is 6.11. The monoisotopic (exact) mass is 493 g/mol. The van der Waals surface area contributed by atoms with Gasteiger partial charge in [0.2, 0.25) is 0 Å². The molecule has 188 valence electrons. The summed E-state index contributed by atoms with van der Waals surface area (Å²) in [5.41, 5.74) is 6.62. The molecule has 3 fully saturated rings. The second-order valence-electron chi connectivity index (χ2n) is 9.43. The minimum absolute atomic E-state index is 0.123. The number of carbonyl (C=O) groups is 2. The number of hydrogen-bond acceptors (Lipinski definition) is 6. The molecule has 3 heterocycles. The van der Waals surface area contributed by atoms with Crippen molar-refractivity contribution in [1.29, 1.82) is 0 Å². The van der Waals surface area contributed by atoms with Crippen molar-refractivity contribution in [2.75, 3.05) is 71.9 Å². The van der Waals surface area contributed by atoms with Gasteiger partial charge in [0.25, 0.3) is 5.91 Å². The van der Waals surface area contributed by atoms with Crippen LogP contribution in [0.4, 0.5) is 10.5 Å². The molecular weight excluding hydrogens is 458 g/mol. The molecule has 4 rings (SSSR count). The molecule has 10 heteroatoms. The number of nitrogens with zero attached hydrogens (tertiary/aromatic N) is 3. The Morgan fingerprint density at radius 2 is 1.71 bits per heavy atom. The van der Waals surface area contributed by atoms with Crippen molar-refractivity contribution in [2.24, 2.45) is 5.92 Å². The van der Waals surface area contributed by atoms with Crippen LogP contribution in [0.15, 0.2) is 12.1 Å². The number of benzene rings is 1. The lowest BCUT2D eigenvalue weighted by atomic mass is 9.94. The van der Waals surface area contributed by atoms with Crippen LogP contribution in [-0.2, 0) is 4.74 Å². The van der Waals surface area contributed by atoms with Crippen molar-refractivity contribution < 1.29 is 19.1 Å². The first-order chi connectivity index (χ1) is 16.4. The lowest BCUT2D eigenvalue weighted by Gasteiger charge is -2.39. The summed E-state index contributed by atoms with van der Waals surface area (Å²) in [5, 5.41) is 3.47. The highest BCUT2D eigenvalue weighted by Crippen LogP contribution is 2.29. The van der Waals surface area contributed by atoms with Crippen LogP contribution in [-0.4, -0.2) is 98.8 Å². The zero-order valence-electron chi connectivity index (χ0n) is 19.9. The van der Waals surface area contributed by atoms with Crippen LogP contribution in [0.3, 0.4) is 0 Å². The molecule has 1 aromatic rings. The fourth-order valence-electron chi connectivity index (χ4n) is 5.07. The standard InChI is InChI=1S/C24H36ClN5O4/c1-33-22-15-21(26)20(25)14-19(22)23(31)27-18-4-6-28(7-5-18)16-17-2-8-29(9-3-17)24(32)30-10-12-34-13-11-30/h14-15,17-18H,2-13,16,26H2,1H3,(H,27,31). The SMILES string of the molecule is COc1cc(N)c(Cl)cc1C(=O)NC1CCN(CC2CCN(C(=O)N3CCOCC3)CC2)CC1. The van der Waals surface area contributed by atoms with Crippen LogP contribution in [0.1, 0.15) is 36.0 Å². The average Bonchev–Trinajstić information content (AvgIpc) is 2.87. The largest absolute Gasteiger partial charge is 0.496 e. The number of halogens is 1. The van der Waals surface area contributed by atoms with Gasteiger partial charge in [-0.05, 0) is 37.7 Å². The molecule has 3 aliphatic heterocycles. The van der Waals surface area contributed by atoms with Gasteiger partial charge in [0.05, 0.1) is 36.6 Å². The van der Waals surface area contributed by atoms with Crippen molar-refractivity contribution in [3.05, 3.63) is 22.7 Å². The van der Waals surface area contributed by atoms with Crippen LogP contribution < -0.4 is 15.8 Å². The molecule has 3 aliphatic rings. The smallest absolute Gasteiger partial charge is 0.320 e. The predicted molar refractivity (Wildman–Crippen MR) is 131 cm³/mol. The number of nitrogens with one attached hydrogen (secondary N) is 1. The Balaban J connectivity index is 1.19. The molecule has 3 N–H and O–H groups in total. The summed E-state index contributed by atoms with van der Waals surface area (Å²) < 4.78 is 10.7. The molecular formula is C24H36ClN5O4. The molecule has 3 saturated heterocycles. The number of ether oxygens (including phenoxy) is 2. The zero-order valence-corrected chi connectivity index (χ0v) is 20.7. The van der Waals surface area contributed by atoms with E-state index in [-0.39, 0.29) is 18.0 Å². The quantitative estimate of drug-likeness (QED) is 0.610. The van der Waals surface area contributed by atoms with E-state index in [9.17, 15) is 9.59 Å². The first-order valence-electron chi connectivity index (χ1n) is 12.2. The van der Waals surface area contributed by atoms with Crippen LogP contribution in [0.25, 0.3) is 0 Å². The number of rotatable bonds is 5. The number of carbonyl (C=O) groups excluding carboxylic acids is 2. The Labute approximate surface area is 206 Å². The number of morpholine rings is 1. The van der Waals surface area contributed by atoms with E-state index < -0.39 is 0 Å². The number of amides is 3. The minimum Gasteiger partial charge on any atom is -0.496 e. The summed E-state index contributed by atoms with van der Waals surface area (Å²) in [7, 11) is 1.51. The lowest BCUT2D eigenvalue weighted by Crippen LogP contribution is -2.51. The second-order valence-corrected chi connectivity index (χ2v) is 9.84. The van der Waals surface area contributed by atoms with E-state index in [1.807, 2.05) is 9.80 Å². The first-order valence-corrected chi connectivity index (χ1v) is 12.6. The van der Waals surface area contributed by atoms with Gasteiger partial charge in [-0.1, -0.05) is 11.6 Å². The van der Waals surface area contributed by atoms with E-state index in [2.05, 4.69) is 10.2 Å². The molecule has 0 bridgehead atoms. The molecule has 0 aromatic heterocycles. The van der Waals surface area contributed by atoms with E-state index >= 15 is 0 Å². The Bertz CT molecular complexity index is 863. The van der Waals surface area contributed by atoms with Crippen molar-refractivity contribution in [3.8, 4) is 5.75 Å². The Morgan fingerprint density at radius 1 is 1.06 bits per heavy atom. The summed E-state index contributed by atoms with van der Waals surface area (Å²) in [6.07, 6.45) is 3.91. The maximum Gasteiger partial charge on any atom is 0.320 e. The van der Waals surface area contributed by atoms with Crippen molar-refractivity contribution in [2.45, 2.75) is 31.7 Å². The van der Waals surface area contributed by atoms with Crippen LogP contribution in [0.5, 0.6) is 5.75 Å². The first kappa shape index (κ1) is 24.9. The number of nitrogens with two attached hydrogens (primary N) is 1. The minimum atomic E-state index is -0.186. The van der Waals surface area contributed by atoms with Crippen molar-refractivity contribution in [1.82, 2.24) is 20.0 Å². The number of anilines is 1. The molecule has 34 heavy (non-hydrogen) atoms. The van der Waals surface area contributed by atoms with Crippen molar-refractivity contribution in [3.63, 3.8) is 0 Å². The second kappa shape index (κ2) is 11.5. The fraction of sp³-hybridized carbons (Fsp3) is 0.667. The summed E-state index contributed by atoms with van der Waals surface area (Å²) in [4.78, 5) is 31.9. The lowest BCUT2D eigenvalue weighted by molar-refractivity contribution is 0.0388. The van der Waals surface area contributed by atoms with Gasteiger partial charge in [0, 0.05) is 57.9 Å². The number of nitrogen functional groups attached to an aromatic ring is 1. The third kappa shape index (κ3) is 6.06. The van der Waals surface area contributed by atoms with Gasteiger partial charge in [-0.2, -0.15) is 0 Å². The molecule has 0 saturated carbocycles. The highest BCUT2D eigenvalue weighted by molar-refractivity contribution is 6.33. The zero-order chi connectivity index (χ0) is 24.1. The molecule has 1 aromatic carbocycles. The van der Waals surface area contributed by atoms with Gasteiger partial charge in [-0.3, -0.25) is 4.79 Å². The number of methoxy groups -OCH3 is 1. The maximum atomic E-state index is 12.8. The molecule has 0 unspecified atom stereocenters. The summed E-state index contributed by atoms with van der Waals surface area (Å²) in [6, 6.07) is 3.44. The number of hydrogen-bond donors (Lipinski definition) is 2. The fourth-order valence-corrected chi connectivity index (χ4v) is 5.23. The van der Waals surface area contributed by atoms with Crippen molar-refractivity contribution >= 4 is 29.2 Å². The highest BCUT2D eigenvalue weighted by atomic mass is 35.5. The average molecular weight is 494 g/mol. The predicted octanol–water partition coefficient (Wildman–Crippen LogP) is 2.29. The van der Waals surface area contributed by atoms with E-state index in [1.165, 1.54) is 7.11 Å². The molecule has 3 amide bonds. The third-order valence-electron chi connectivity index (χ3n) is 7.17. The van der Waals surface area contributed by atoms with Crippen LogP contribution in [0, 0.1) is 5.92 Å². The molecule has 0 aliphatic carbocycles. The van der Waals surface area contributed by atoms with Crippen LogP contribution >= 0.6 is 11.6 Å². The summed E-state index contributed by atoms with van der Waals surface area (Å²) in [6.45, 7) is 7.31. The van der Waals surface area contributed by atoms with E-state index in [0.717, 1.165) is 58.4 Å². The van der Waals surface area contributed by atoms with E-state index in [1.54, 1.807) is 12.1 Å². The normalized spacial score (nSPS) is 20.9. The Hall–Kier alpha value is -2.23. The van der Waals surface area contributed by atoms with E-state index in [4.69, 9.17) is 26.8 Å². The Kier molecular flexibility index (Phi) is 8.39. The van der Waals surface area contributed by atoms with Gasteiger partial charge in [-0.25, -0.2) is 4.79 Å². The van der Waals surface area contributed by atoms with Gasteiger partial charge >= 0.3 is 6.03 Å².